The number of amides is 1. The molecule has 6 heteroatoms. The Morgan fingerprint density at radius 3 is 2.74 bits per heavy atom. The molecule has 1 saturated carbocycles. The fourth-order valence-electron chi connectivity index (χ4n) is 2.82. The molecule has 2 aliphatic rings. The van der Waals surface area contributed by atoms with Crippen LogP contribution in [0.4, 0.5) is 17.1 Å². The number of rotatable bonds is 3. The standard InChI is InChI=1S/C13H15N3O3/c17-13-6-8-5-12(16(18)19)11(7-10(8)15-13)14-9-3-1-2-4-9/h5,7,9,14H,1-4,6H2,(H,15,17). The van der Waals surface area contributed by atoms with Crippen molar-refractivity contribution in [2.45, 2.75) is 38.1 Å². The number of nitro benzene ring substituents is 1. The van der Waals surface area contributed by atoms with Crippen molar-refractivity contribution in [3.63, 3.8) is 0 Å². The Bertz CT molecular complexity index is 550. The molecule has 0 spiro atoms. The topological polar surface area (TPSA) is 84.3 Å². The van der Waals surface area contributed by atoms with Crippen LogP contribution in [0.1, 0.15) is 31.2 Å². The molecular formula is C13H15N3O3. The number of anilines is 2. The highest BCUT2D eigenvalue weighted by molar-refractivity contribution is 6.00. The Morgan fingerprint density at radius 2 is 2.05 bits per heavy atom. The Kier molecular flexibility index (Phi) is 2.85. The zero-order chi connectivity index (χ0) is 13.4. The number of hydrogen-bond donors (Lipinski definition) is 2. The van der Waals surface area contributed by atoms with E-state index in [9.17, 15) is 14.9 Å². The maximum absolute atomic E-state index is 11.3. The first-order chi connectivity index (χ1) is 9.13. The lowest BCUT2D eigenvalue weighted by Gasteiger charge is -2.14. The highest BCUT2D eigenvalue weighted by Crippen LogP contribution is 2.36. The molecule has 6 nitrogen and oxygen atoms in total. The second-order valence-corrected chi connectivity index (χ2v) is 5.13. The molecule has 1 aliphatic carbocycles. The van der Waals surface area contributed by atoms with Crippen molar-refractivity contribution in [2.24, 2.45) is 0 Å². The van der Waals surface area contributed by atoms with E-state index in [0.717, 1.165) is 25.7 Å². The molecule has 1 heterocycles. The van der Waals surface area contributed by atoms with Gasteiger partial charge in [0.15, 0.2) is 0 Å². The summed E-state index contributed by atoms with van der Waals surface area (Å²) in [5.74, 6) is -0.109. The van der Waals surface area contributed by atoms with E-state index >= 15 is 0 Å². The summed E-state index contributed by atoms with van der Waals surface area (Å²) in [5, 5.41) is 17.1. The average Bonchev–Trinajstić information content (AvgIpc) is 2.95. The molecule has 0 atom stereocenters. The van der Waals surface area contributed by atoms with Gasteiger partial charge in [-0.3, -0.25) is 14.9 Å². The van der Waals surface area contributed by atoms with Gasteiger partial charge in [0.05, 0.1) is 11.3 Å². The number of fused-ring (bicyclic) bond motifs is 1. The summed E-state index contributed by atoms with van der Waals surface area (Å²) in [6.45, 7) is 0. The van der Waals surface area contributed by atoms with Gasteiger partial charge in [-0.1, -0.05) is 12.8 Å². The SMILES string of the molecule is O=C1Cc2cc([N+](=O)[O-])c(NC3CCCC3)cc2N1. The lowest BCUT2D eigenvalue weighted by atomic mass is 10.1. The monoisotopic (exact) mass is 261 g/mol. The molecule has 0 bridgehead atoms. The minimum Gasteiger partial charge on any atom is -0.377 e. The lowest BCUT2D eigenvalue weighted by Crippen LogP contribution is -2.15. The molecule has 1 aliphatic heterocycles. The Morgan fingerprint density at radius 1 is 1.32 bits per heavy atom. The third-order valence-electron chi connectivity index (χ3n) is 3.76. The first kappa shape index (κ1) is 12.0. The summed E-state index contributed by atoms with van der Waals surface area (Å²) in [6.07, 6.45) is 4.63. The molecular weight excluding hydrogens is 246 g/mol. The summed E-state index contributed by atoms with van der Waals surface area (Å²) in [6, 6.07) is 3.50. The summed E-state index contributed by atoms with van der Waals surface area (Å²) in [4.78, 5) is 22.1. The predicted molar refractivity (Wildman–Crippen MR) is 71.3 cm³/mol. The van der Waals surface area contributed by atoms with Crippen LogP contribution in [0.15, 0.2) is 12.1 Å². The first-order valence-corrected chi connectivity index (χ1v) is 6.51. The zero-order valence-corrected chi connectivity index (χ0v) is 10.4. The van der Waals surface area contributed by atoms with Crippen molar-refractivity contribution >= 4 is 23.0 Å². The average molecular weight is 261 g/mol. The third kappa shape index (κ3) is 2.25. The van der Waals surface area contributed by atoms with Gasteiger partial charge in [0.25, 0.3) is 5.69 Å². The van der Waals surface area contributed by atoms with Crippen LogP contribution in [0, 0.1) is 10.1 Å². The minimum atomic E-state index is -0.389. The maximum atomic E-state index is 11.3. The summed E-state index contributed by atoms with van der Waals surface area (Å²) in [7, 11) is 0. The first-order valence-electron chi connectivity index (χ1n) is 6.51. The van der Waals surface area contributed by atoms with Gasteiger partial charge in [-0.05, 0) is 24.5 Å². The van der Waals surface area contributed by atoms with E-state index in [0.29, 0.717) is 23.0 Å². The van der Waals surface area contributed by atoms with Crippen LogP contribution in [-0.2, 0) is 11.2 Å². The van der Waals surface area contributed by atoms with Gasteiger partial charge in [0.2, 0.25) is 5.91 Å². The van der Waals surface area contributed by atoms with Crippen LogP contribution < -0.4 is 10.6 Å². The van der Waals surface area contributed by atoms with Crippen molar-refractivity contribution in [1.82, 2.24) is 0 Å². The van der Waals surface area contributed by atoms with Gasteiger partial charge in [-0.2, -0.15) is 0 Å². The Labute approximate surface area is 110 Å². The fourth-order valence-corrected chi connectivity index (χ4v) is 2.82. The number of nitro groups is 1. The molecule has 3 rings (SSSR count). The van der Waals surface area contributed by atoms with Crippen LogP contribution in [0.2, 0.25) is 0 Å². The van der Waals surface area contributed by atoms with Crippen molar-refractivity contribution in [3.8, 4) is 0 Å². The van der Waals surface area contributed by atoms with Gasteiger partial charge in [0.1, 0.15) is 5.69 Å². The van der Waals surface area contributed by atoms with Gasteiger partial charge in [-0.25, -0.2) is 0 Å². The number of carbonyl (C=O) groups is 1. The number of hydrogen-bond acceptors (Lipinski definition) is 4. The molecule has 0 radical (unpaired) electrons. The quantitative estimate of drug-likeness (QED) is 0.646. The smallest absolute Gasteiger partial charge is 0.292 e. The third-order valence-corrected chi connectivity index (χ3v) is 3.76. The molecule has 19 heavy (non-hydrogen) atoms. The van der Waals surface area contributed by atoms with Gasteiger partial charge in [0, 0.05) is 17.8 Å². The summed E-state index contributed by atoms with van der Waals surface area (Å²) >= 11 is 0. The second-order valence-electron chi connectivity index (χ2n) is 5.13. The van der Waals surface area contributed by atoms with Crippen molar-refractivity contribution in [1.29, 1.82) is 0 Å². The molecule has 2 N–H and O–H groups in total. The fraction of sp³-hybridized carbons (Fsp3) is 0.462. The van der Waals surface area contributed by atoms with Crippen LogP contribution in [-0.4, -0.2) is 16.9 Å². The normalized spacial score (nSPS) is 18.2. The molecule has 1 aromatic carbocycles. The second kappa shape index (κ2) is 4.53. The van der Waals surface area contributed by atoms with Crippen LogP contribution in [0.5, 0.6) is 0 Å². The van der Waals surface area contributed by atoms with E-state index in [2.05, 4.69) is 10.6 Å². The van der Waals surface area contributed by atoms with Crippen molar-refractivity contribution < 1.29 is 9.72 Å². The largest absolute Gasteiger partial charge is 0.377 e. The molecule has 0 aromatic heterocycles. The molecule has 1 fully saturated rings. The van der Waals surface area contributed by atoms with Gasteiger partial charge < -0.3 is 10.6 Å². The van der Waals surface area contributed by atoms with E-state index in [4.69, 9.17) is 0 Å². The van der Waals surface area contributed by atoms with E-state index in [-0.39, 0.29) is 22.9 Å². The molecule has 1 aromatic rings. The maximum Gasteiger partial charge on any atom is 0.292 e. The van der Waals surface area contributed by atoms with Crippen LogP contribution in [0.25, 0.3) is 0 Å². The van der Waals surface area contributed by atoms with Crippen LogP contribution in [0.3, 0.4) is 0 Å². The minimum absolute atomic E-state index is 0.0575. The Balaban J connectivity index is 1.94. The number of nitrogens with zero attached hydrogens (tertiary/aromatic N) is 1. The highest BCUT2D eigenvalue weighted by atomic mass is 16.6. The highest BCUT2D eigenvalue weighted by Gasteiger charge is 2.26. The molecule has 1 amide bonds. The number of nitrogens with one attached hydrogen (secondary N) is 2. The zero-order valence-electron chi connectivity index (χ0n) is 10.4. The molecule has 0 saturated heterocycles. The van der Waals surface area contributed by atoms with Crippen molar-refractivity contribution in [2.75, 3.05) is 10.6 Å². The van der Waals surface area contributed by atoms with E-state index in [1.165, 1.54) is 6.07 Å². The van der Waals surface area contributed by atoms with Gasteiger partial charge in [-0.15, -0.1) is 0 Å². The van der Waals surface area contributed by atoms with Crippen LogP contribution >= 0.6 is 0 Å². The summed E-state index contributed by atoms with van der Waals surface area (Å²) < 4.78 is 0. The number of benzene rings is 1. The van der Waals surface area contributed by atoms with E-state index < -0.39 is 0 Å². The van der Waals surface area contributed by atoms with Crippen molar-refractivity contribution in [3.05, 3.63) is 27.8 Å². The van der Waals surface area contributed by atoms with E-state index in [1.54, 1.807) is 6.07 Å². The number of carbonyl (C=O) groups excluding carboxylic acids is 1. The lowest BCUT2D eigenvalue weighted by molar-refractivity contribution is -0.384. The molecule has 0 unspecified atom stereocenters. The predicted octanol–water partition coefficient (Wildman–Crippen LogP) is 2.44. The summed E-state index contributed by atoms with van der Waals surface area (Å²) in [5.41, 5.74) is 1.96. The van der Waals surface area contributed by atoms with E-state index in [1.807, 2.05) is 0 Å². The Hall–Kier alpha value is -2.11. The van der Waals surface area contributed by atoms with Gasteiger partial charge >= 0.3 is 0 Å². The molecule has 100 valence electrons.